The molecule has 4 nitrogen and oxygen atoms in total. The molecule has 0 aliphatic carbocycles. The number of nitrogens with one attached hydrogen (secondary N) is 1. The molecule has 1 atom stereocenters. The third kappa shape index (κ3) is 2.74. The maximum atomic E-state index is 12.4. The minimum Gasteiger partial charge on any atom is -0.337 e. The Hall–Kier alpha value is -1.14. The summed E-state index contributed by atoms with van der Waals surface area (Å²) in [7, 11) is 0. The summed E-state index contributed by atoms with van der Waals surface area (Å²) in [4.78, 5) is 15.2. The Morgan fingerprint density at radius 3 is 3.05 bits per heavy atom. The van der Waals surface area contributed by atoms with Gasteiger partial charge >= 0.3 is 0 Å². The molecule has 0 aromatic carbocycles. The van der Waals surface area contributed by atoms with E-state index in [4.69, 9.17) is 0 Å². The van der Waals surface area contributed by atoms with E-state index in [-0.39, 0.29) is 5.91 Å². The molecule has 100 valence electrons. The fraction of sp³-hybridized carbons (Fsp3) is 0.385. The standard InChI is InChI=1S/C13H14BrN3OS/c14-12-4-3-11(19-12)13(18)17-7-1-2-9(8-17)10-5-6-15-16-10/h3-6,9H,1-2,7-8H2,(H,15,16)/t9-/m0/s1. The molecular weight excluding hydrogens is 326 g/mol. The van der Waals surface area contributed by atoms with Crippen molar-refractivity contribution in [3.05, 3.63) is 38.8 Å². The molecule has 0 spiro atoms. The van der Waals surface area contributed by atoms with E-state index in [0.29, 0.717) is 5.92 Å². The van der Waals surface area contributed by atoms with Gasteiger partial charge in [0.05, 0.1) is 8.66 Å². The van der Waals surface area contributed by atoms with Crippen LogP contribution in [0, 0.1) is 0 Å². The number of nitrogens with zero attached hydrogens (tertiary/aromatic N) is 2. The van der Waals surface area contributed by atoms with E-state index in [1.807, 2.05) is 23.1 Å². The van der Waals surface area contributed by atoms with Gasteiger partial charge in [0.25, 0.3) is 5.91 Å². The highest BCUT2D eigenvalue weighted by atomic mass is 79.9. The number of carbonyl (C=O) groups excluding carboxylic acids is 1. The summed E-state index contributed by atoms with van der Waals surface area (Å²) in [6, 6.07) is 5.81. The summed E-state index contributed by atoms with van der Waals surface area (Å²) in [5.74, 6) is 0.517. The molecule has 6 heteroatoms. The predicted octanol–water partition coefficient (Wildman–Crippen LogP) is 3.25. The highest BCUT2D eigenvalue weighted by Gasteiger charge is 2.26. The zero-order valence-electron chi connectivity index (χ0n) is 10.3. The van der Waals surface area contributed by atoms with Gasteiger partial charge in [-0.15, -0.1) is 11.3 Å². The molecule has 1 fully saturated rings. The zero-order chi connectivity index (χ0) is 13.2. The quantitative estimate of drug-likeness (QED) is 0.912. The average Bonchev–Trinajstić information content (AvgIpc) is 3.09. The first-order chi connectivity index (χ1) is 9.24. The normalized spacial score (nSPS) is 19.6. The maximum absolute atomic E-state index is 12.4. The van der Waals surface area contributed by atoms with Crippen molar-refractivity contribution in [2.24, 2.45) is 0 Å². The number of carbonyl (C=O) groups is 1. The minimum absolute atomic E-state index is 0.139. The molecule has 3 heterocycles. The van der Waals surface area contributed by atoms with E-state index in [1.54, 1.807) is 6.20 Å². The third-order valence-corrected chi connectivity index (χ3v) is 5.07. The van der Waals surface area contributed by atoms with Crippen LogP contribution in [-0.4, -0.2) is 34.1 Å². The Labute approximate surface area is 123 Å². The summed E-state index contributed by atoms with van der Waals surface area (Å²) >= 11 is 4.90. The van der Waals surface area contributed by atoms with Crippen LogP contribution in [0.3, 0.4) is 0 Å². The lowest BCUT2D eigenvalue weighted by Gasteiger charge is -2.31. The van der Waals surface area contributed by atoms with Gasteiger partial charge in [0.1, 0.15) is 0 Å². The molecule has 2 aromatic heterocycles. The van der Waals surface area contributed by atoms with Gasteiger partial charge in [-0.1, -0.05) is 0 Å². The molecule has 2 aromatic rings. The second-order valence-corrected chi connectivity index (χ2v) is 7.17. The van der Waals surface area contributed by atoms with Crippen LogP contribution in [0.2, 0.25) is 0 Å². The summed E-state index contributed by atoms with van der Waals surface area (Å²) in [6.45, 7) is 1.62. The number of likely N-dealkylation sites (tertiary alicyclic amines) is 1. The maximum Gasteiger partial charge on any atom is 0.263 e. The predicted molar refractivity (Wildman–Crippen MR) is 78.5 cm³/mol. The number of halogens is 1. The lowest BCUT2D eigenvalue weighted by atomic mass is 9.95. The number of rotatable bonds is 2. The first kappa shape index (κ1) is 12.9. The SMILES string of the molecule is O=C(c1ccc(Br)s1)N1CCC[C@H](c2ccn[nH]2)C1. The van der Waals surface area contributed by atoms with Crippen molar-refractivity contribution in [1.29, 1.82) is 0 Å². The van der Waals surface area contributed by atoms with Crippen molar-refractivity contribution in [2.45, 2.75) is 18.8 Å². The number of aromatic amines is 1. The van der Waals surface area contributed by atoms with E-state index in [9.17, 15) is 4.79 Å². The first-order valence-corrected chi connectivity index (χ1v) is 7.89. The number of amides is 1. The molecule has 1 aliphatic rings. The van der Waals surface area contributed by atoms with Crippen LogP contribution < -0.4 is 0 Å². The number of aromatic nitrogens is 2. The van der Waals surface area contributed by atoms with Gasteiger partial charge in [0.2, 0.25) is 0 Å². The summed E-state index contributed by atoms with van der Waals surface area (Å²) in [6.07, 6.45) is 3.93. The Kier molecular flexibility index (Phi) is 3.70. The van der Waals surface area contributed by atoms with Crippen molar-refractivity contribution in [1.82, 2.24) is 15.1 Å². The number of thiophene rings is 1. The van der Waals surface area contributed by atoms with Crippen molar-refractivity contribution >= 4 is 33.2 Å². The first-order valence-electron chi connectivity index (χ1n) is 6.28. The van der Waals surface area contributed by atoms with E-state index >= 15 is 0 Å². The van der Waals surface area contributed by atoms with Crippen LogP contribution in [-0.2, 0) is 0 Å². The Morgan fingerprint density at radius 2 is 2.37 bits per heavy atom. The molecule has 0 radical (unpaired) electrons. The van der Waals surface area contributed by atoms with E-state index in [2.05, 4.69) is 26.1 Å². The topological polar surface area (TPSA) is 49.0 Å². The lowest BCUT2D eigenvalue weighted by Crippen LogP contribution is -2.38. The number of H-pyrrole nitrogens is 1. The van der Waals surface area contributed by atoms with E-state index < -0.39 is 0 Å². The molecule has 1 saturated heterocycles. The fourth-order valence-electron chi connectivity index (χ4n) is 2.49. The molecule has 3 rings (SSSR count). The van der Waals surface area contributed by atoms with Crippen molar-refractivity contribution in [3.63, 3.8) is 0 Å². The van der Waals surface area contributed by atoms with Crippen LogP contribution in [0.5, 0.6) is 0 Å². The lowest BCUT2D eigenvalue weighted by molar-refractivity contribution is 0.0711. The molecular formula is C13H14BrN3OS. The number of piperidine rings is 1. The molecule has 1 aliphatic heterocycles. The van der Waals surface area contributed by atoms with Gasteiger partial charge in [-0.25, -0.2) is 0 Å². The van der Waals surface area contributed by atoms with E-state index in [0.717, 1.165) is 40.3 Å². The highest BCUT2D eigenvalue weighted by molar-refractivity contribution is 9.11. The fourth-order valence-corrected chi connectivity index (χ4v) is 3.85. The van der Waals surface area contributed by atoms with Crippen molar-refractivity contribution in [2.75, 3.05) is 13.1 Å². The summed E-state index contributed by atoms with van der Waals surface area (Å²) in [5.41, 5.74) is 1.13. The van der Waals surface area contributed by atoms with Gasteiger partial charge in [-0.3, -0.25) is 9.89 Å². The minimum atomic E-state index is 0.139. The van der Waals surface area contributed by atoms with E-state index in [1.165, 1.54) is 11.3 Å². The van der Waals surface area contributed by atoms with Crippen LogP contribution in [0.25, 0.3) is 0 Å². The van der Waals surface area contributed by atoms with Crippen LogP contribution in [0.1, 0.15) is 34.1 Å². The summed E-state index contributed by atoms with van der Waals surface area (Å²) < 4.78 is 0.998. The Bertz CT molecular complexity index is 566. The van der Waals surface area contributed by atoms with Crippen LogP contribution in [0.15, 0.2) is 28.2 Å². The average molecular weight is 340 g/mol. The second-order valence-electron chi connectivity index (χ2n) is 4.71. The van der Waals surface area contributed by atoms with Crippen LogP contribution in [0.4, 0.5) is 0 Å². The molecule has 1 amide bonds. The zero-order valence-corrected chi connectivity index (χ0v) is 12.7. The molecule has 0 unspecified atom stereocenters. The molecule has 1 N–H and O–H groups in total. The van der Waals surface area contributed by atoms with Crippen molar-refractivity contribution < 1.29 is 4.79 Å². The second kappa shape index (κ2) is 5.46. The molecule has 0 saturated carbocycles. The van der Waals surface area contributed by atoms with Crippen LogP contribution >= 0.6 is 27.3 Å². The largest absolute Gasteiger partial charge is 0.337 e. The third-order valence-electron chi connectivity index (χ3n) is 3.45. The number of hydrogen-bond donors (Lipinski definition) is 1. The van der Waals surface area contributed by atoms with Gasteiger partial charge in [-0.05, 0) is 47.0 Å². The summed E-state index contributed by atoms with van der Waals surface area (Å²) in [5, 5.41) is 7.01. The Morgan fingerprint density at radius 1 is 1.47 bits per heavy atom. The van der Waals surface area contributed by atoms with Gasteiger partial charge in [0.15, 0.2) is 0 Å². The van der Waals surface area contributed by atoms with Gasteiger partial charge < -0.3 is 4.90 Å². The highest BCUT2D eigenvalue weighted by Crippen LogP contribution is 2.28. The van der Waals surface area contributed by atoms with Gasteiger partial charge in [-0.2, -0.15) is 5.10 Å². The smallest absolute Gasteiger partial charge is 0.263 e. The van der Waals surface area contributed by atoms with Crippen molar-refractivity contribution in [3.8, 4) is 0 Å². The molecule has 0 bridgehead atoms. The monoisotopic (exact) mass is 339 g/mol. The Balaban J connectivity index is 1.73. The van der Waals surface area contributed by atoms with Gasteiger partial charge in [0, 0.05) is 30.9 Å². The number of hydrogen-bond acceptors (Lipinski definition) is 3. The molecule has 19 heavy (non-hydrogen) atoms.